The van der Waals surface area contributed by atoms with Crippen LogP contribution in [0.15, 0.2) is 48.3 Å². The first-order chi connectivity index (χ1) is 19.4. The molecular formula is C30H38N8O2. The van der Waals surface area contributed by atoms with Crippen LogP contribution in [-0.2, 0) is 4.74 Å². The van der Waals surface area contributed by atoms with Crippen molar-refractivity contribution in [2.45, 2.75) is 37.7 Å². The van der Waals surface area contributed by atoms with Crippen LogP contribution in [0.5, 0.6) is 5.75 Å². The van der Waals surface area contributed by atoms with Crippen LogP contribution < -0.4 is 10.6 Å². The van der Waals surface area contributed by atoms with Crippen LogP contribution >= 0.6 is 0 Å². The number of aromatic hydroxyl groups is 1. The van der Waals surface area contributed by atoms with Crippen molar-refractivity contribution < 1.29 is 9.84 Å². The maximum Gasteiger partial charge on any atom is 0.206 e. The van der Waals surface area contributed by atoms with E-state index in [1.54, 1.807) is 36.5 Å². The van der Waals surface area contributed by atoms with Crippen LogP contribution in [0.2, 0.25) is 0 Å². The number of nitrogens with two attached hydrogens (primary N) is 1. The summed E-state index contributed by atoms with van der Waals surface area (Å²) in [7, 11) is 0. The van der Waals surface area contributed by atoms with E-state index in [1.165, 1.54) is 12.8 Å². The first kappa shape index (κ1) is 27.6. The van der Waals surface area contributed by atoms with Crippen LogP contribution in [0, 0.1) is 22.7 Å². The van der Waals surface area contributed by atoms with Gasteiger partial charge in [0.15, 0.2) is 0 Å². The fourth-order valence-corrected chi connectivity index (χ4v) is 5.84. The van der Waals surface area contributed by atoms with Gasteiger partial charge >= 0.3 is 0 Å². The standard InChI is InChI=1S/C30H38N8O2/c31-24(23-7-1-2-8-26(23)39)21-25(29(32)33)37-15-6-16-38(18-17-37)28-10-13-34-27(35-28)9-5-14-36-19-20-40-30(22-36)11-3-4-12-30/h1-2,7-8,10,13,21,31,39H,3-4,6,11-12,14-20,22H2,(H3,32,33)/b25-21+,31-24?. The van der Waals surface area contributed by atoms with Crippen molar-refractivity contribution in [2.75, 3.05) is 57.3 Å². The lowest BCUT2D eigenvalue weighted by Gasteiger charge is -2.39. The number of morpholine rings is 1. The smallest absolute Gasteiger partial charge is 0.206 e. The molecule has 1 aliphatic carbocycles. The summed E-state index contributed by atoms with van der Waals surface area (Å²) in [5.74, 6) is 7.70. The number of aromatic nitrogens is 2. The van der Waals surface area contributed by atoms with E-state index in [0.29, 0.717) is 43.3 Å². The molecule has 0 unspecified atom stereocenters. The van der Waals surface area contributed by atoms with Gasteiger partial charge in [-0.3, -0.25) is 10.3 Å². The second-order valence-corrected chi connectivity index (χ2v) is 10.7. The molecule has 210 valence electrons. The van der Waals surface area contributed by atoms with Gasteiger partial charge in [-0.1, -0.05) is 30.9 Å². The van der Waals surface area contributed by atoms with Gasteiger partial charge in [0.1, 0.15) is 17.4 Å². The minimum atomic E-state index is -0.104. The second kappa shape index (κ2) is 12.5. The molecule has 5 rings (SSSR count). The van der Waals surface area contributed by atoms with Gasteiger partial charge < -0.3 is 30.8 Å². The summed E-state index contributed by atoms with van der Waals surface area (Å²) in [6.45, 7) is 6.09. The summed E-state index contributed by atoms with van der Waals surface area (Å²) in [5.41, 5.74) is 6.97. The highest BCUT2D eigenvalue weighted by atomic mass is 16.5. The Bertz CT molecular complexity index is 1320. The average molecular weight is 543 g/mol. The zero-order valence-corrected chi connectivity index (χ0v) is 22.9. The molecule has 3 fully saturated rings. The van der Waals surface area contributed by atoms with Crippen molar-refractivity contribution in [3.05, 3.63) is 59.7 Å². The molecule has 40 heavy (non-hydrogen) atoms. The van der Waals surface area contributed by atoms with Gasteiger partial charge in [-0.15, -0.1) is 0 Å². The van der Waals surface area contributed by atoms with E-state index in [0.717, 1.165) is 51.3 Å². The molecule has 2 aromatic rings. The van der Waals surface area contributed by atoms with Gasteiger partial charge in [-0.2, -0.15) is 0 Å². The van der Waals surface area contributed by atoms with Crippen molar-refractivity contribution in [3.8, 4) is 17.6 Å². The molecule has 3 heterocycles. The molecule has 1 aromatic heterocycles. The summed E-state index contributed by atoms with van der Waals surface area (Å²) >= 11 is 0. The first-order valence-electron chi connectivity index (χ1n) is 14.0. The van der Waals surface area contributed by atoms with E-state index < -0.39 is 0 Å². The topological polar surface area (TPSA) is 139 Å². The van der Waals surface area contributed by atoms with Crippen molar-refractivity contribution in [1.82, 2.24) is 19.8 Å². The van der Waals surface area contributed by atoms with Gasteiger partial charge in [0.05, 0.1) is 30.2 Å². The van der Waals surface area contributed by atoms with Crippen molar-refractivity contribution in [2.24, 2.45) is 5.73 Å². The Hall–Kier alpha value is -3.94. The lowest BCUT2D eigenvalue weighted by atomic mass is 10.00. The van der Waals surface area contributed by atoms with E-state index in [1.807, 2.05) is 11.0 Å². The number of amidine groups is 1. The number of allylic oxidation sites excluding steroid dienone is 1. The predicted octanol–water partition coefficient (Wildman–Crippen LogP) is 2.58. The monoisotopic (exact) mass is 542 g/mol. The number of ether oxygens (including phenoxy) is 1. The normalized spacial score (nSPS) is 19.6. The molecule has 0 atom stereocenters. The molecule has 1 aromatic carbocycles. The maximum absolute atomic E-state index is 10.1. The Labute approximate surface area is 235 Å². The van der Waals surface area contributed by atoms with Crippen LogP contribution in [-0.4, -0.2) is 94.4 Å². The number of benzene rings is 1. The molecule has 1 saturated carbocycles. The Balaban J connectivity index is 1.21. The number of phenols is 1. The fraction of sp³-hybridized carbons (Fsp3) is 0.467. The van der Waals surface area contributed by atoms with Crippen molar-refractivity contribution in [1.29, 1.82) is 10.8 Å². The fourth-order valence-electron chi connectivity index (χ4n) is 5.84. The largest absolute Gasteiger partial charge is 0.507 e. The average Bonchev–Trinajstić information content (AvgIpc) is 3.25. The van der Waals surface area contributed by atoms with Crippen LogP contribution in [0.4, 0.5) is 5.82 Å². The van der Waals surface area contributed by atoms with E-state index >= 15 is 0 Å². The Morgan fingerprint density at radius 3 is 2.70 bits per heavy atom. The predicted molar refractivity (Wildman–Crippen MR) is 156 cm³/mol. The molecule has 3 aliphatic rings. The molecule has 10 heteroatoms. The molecule has 0 bridgehead atoms. The van der Waals surface area contributed by atoms with Gasteiger partial charge in [0, 0.05) is 51.0 Å². The Kier molecular flexibility index (Phi) is 8.63. The molecule has 5 N–H and O–H groups in total. The summed E-state index contributed by atoms with van der Waals surface area (Å²) in [5, 5.41) is 26.7. The van der Waals surface area contributed by atoms with Crippen LogP contribution in [0.3, 0.4) is 0 Å². The molecule has 0 amide bonds. The molecule has 2 aliphatic heterocycles. The number of nitrogens with one attached hydrogen (secondary N) is 2. The molecule has 2 saturated heterocycles. The van der Waals surface area contributed by atoms with Gasteiger partial charge in [0.2, 0.25) is 5.82 Å². The molecule has 1 spiro atoms. The summed E-state index contributed by atoms with van der Waals surface area (Å²) in [4.78, 5) is 15.7. The highest BCUT2D eigenvalue weighted by Gasteiger charge is 2.38. The second-order valence-electron chi connectivity index (χ2n) is 10.7. The quantitative estimate of drug-likeness (QED) is 0.248. The number of phenolic OH excluding ortho intramolecular Hbond substituents is 1. The Morgan fingerprint density at radius 2 is 1.90 bits per heavy atom. The molecule has 10 nitrogen and oxygen atoms in total. The third kappa shape index (κ3) is 6.61. The van der Waals surface area contributed by atoms with E-state index in [4.69, 9.17) is 26.3 Å². The zero-order valence-electron chi connectivity index (χ0n) is 22.9. The number of rotatable bonds is 6. The van der Waals surface area contributed by atoms with E-state index in [9.17, 15) is 5.11 Å². The van der Waals surface area contributed by atoms with Gasteiger partial charge in [-0.05, 0) is 49.5 Å². The van der Waals surface area contributed by atoms with Crippen LogP contribution in [0.25, 0.3) is 0 Å². The highest BCUT2D eigenvalue weighted by Crippen LogP contribution is 2.35. The molecular weight excluding hydrogens is 504 g/mol. The minimum absolute atomic E-state index is 0.0269. The first-order valence-corrected chi connectivity index (χ1v) is 14.0. The third-order valence-corrected chi connectivity index (χ3v) is 7.90. The van der Waals surface area contributed by atoms with Gasteiger partial charge in [-0.25, -0.2) is 9.97 Å². The zero-order chi connectivity index (χ0) is 28.0. The van der Waals surface area contributed by atoms with Gasteiger partial charge in [0.25, 0.3) is 0 Å². The highest BCUT2D eigenvalue weighted by molar-refractivity contribution is 6.12. The van der Waals surface area contributed by atoms with E-state index in [2.05, 4.69) is 26.6 Å². The number of hydrogen-bond acceptors (Lipinski definition) is 9. The lowest BCUT2D eigenvalue weighted by Crippen LogP contribution is -2.50. The Morgan fingerprint density at radius 1 is 1.07 bits per heavy atom. The van der Waals surface area contributed by atoms with Crippen molar-refractivity contribution >= 4 is 17.4 Å². The molecule has 0 radical (unpaired) electrons. The van der Waals surface area contributed by atoms with E-state index in [-0.39, 0.29) is 22.9 Å². The third-order valence-electron chi connectivity index (χ3n) is 7.90. The number of anilines is 1. The number of para-hydroxylation sites is 1. The maximum atomic E-state index is 10.1. The lowest BCUT2D eigenvalue weighted by molar-refractivity contribution is -0.101. The van der Waals surface area contributed by atoms with Crippen molar-refractivity contribution in [3.63, 3.8) is 0 Å². The number of hydrogen-bond donors (Lipinski definition) is 4. The van der Waals surface area contributed by atoms with Crippen LogP contribution in [0.1, 0.15) is 43.5 Å². The summed E-state index contributed by atoms with van der Waals surface area (Å²) < 4.78 is 6.13. The SMILES string of the molecule is N=C(N)/C(=C\C(=N)c1ccccc1O)N1CCCN(c2ccnc(C#CCN3CCOC4(CCCC4)C3)n2)CC1. The summed E-state index contributed by atoms with van der Waals surface area (Å²) in [6.07, 6.45) is 8.96. The minimum Gasteiger partial charge on any atom is -0.507 e. The summed E-state index contributed by atoms with van der Waals surface area (Å²) in [6, 6.07) is 8.61. The number of nitrogens with zero attached hydrogens (tertiary/aromatic N) is 5.